The van der Waals surface area contributed by atoms with Crippen LogP contribution < -0.4 is 0 Å². The third kappa shape index (κ3) is 5.47. The van der Waals surface area contributed by atoms with Gasteiger partial charge in [0.1, 0.15) is 0 Å². The number of amides is 1. The molecule has 4 nitrogen and oxygen atoms in total. The molecule has 0 saturated heterocycles. The molecule has 0 aromatic rings. The van der Waals surface area contributed by atoms with Gasteiger partial charge in [0.2, 0.25) is 5.91 Å². The third-order valence-electron chi connectivity index (χ3n) is 2.78. The van der Waals surface area contributed by atoms with Crippen molar-refractivity contribution < 1.29 is 14.3 Å². The van der Waals surface area contributed by atoms with Gasteiger partial charge in [0.05, 0.1) is 13.2 Å². The van der Waals surface area contributed by atoms with E-state index in [0.29, 0.717) is 26.3 Å². The van der Waals surface area contributed by atoms with E-state index in [1.165, 1.54) is 0 Å². The molecule has 0 saturated carbocycles. The maximum absolute atomic E-state index is 12.1. The summed E-state index contributed by atoms with van der Waals surface area (Å²) in [7, 11) is 3.30. The number of carbonyl (C=O) groups is 1. The van der Waals surface area contributed by atoms with Crippen LogP contribution in [0.1, 0.15) is 26.7 Å². The number of rotatable bonds is 9. The van der Waals surface area contributed by atoms with Crippen LogP contribution in [0.25, 0.3) is 0 Å². The molecule has 0 atom stereocenters. The number of methoxy groups -OCH3 is 2. The van der Waals surface area contributed by atoms with Gasteiger partial charge in [-0.05, 0) is 12.8 Å². The summed E-state index contributed by atoms with van der Waals surface area (Å²) in [6, 6.07) is 0. The van der Waals surface area contributed by atoms with E-state index in [-0.39, 0.29) is 11.8 Å². The van der Waals surface area contributed by atoms with E-state index in [9.17, 15) is 4.79 Å². The highest BCUT2D eigenvalue weighted by molar-refractivity contribution is 5.78. The Morgan fingerprint density at radius 1 is 1.06 bits per heavy atom. The predicted molar refractivity (Wildman–Crippen MR) is 64.4 cm³/mol. The lowest BCUT2D eigenvalue weighted by Crippen LogP contribution is -2.40. The summed E-state index contributed by atoms with van der Waals surface area (Å²) in [6.45, 7) is 6.56. The summed E-state index contributed by atoms with van der Waals surface area (Å²) in [5.74, 6) is 0.354. The summed E-state index contributed by atoms with van der Waals surface area (Å²) in [5, 5.41) is 0. The lowest BCUT2D eigenvalue weighted by Gasteiger charge is -2.26. The Kier molecular flexibility index (Phi) is 9.24. The summed E-state index contributed by atoms with van der Waals surface area (Å²) < 4.78 is 10.0. The normalized spacial score (nSPS) is 10.8. The van der Waals surface area contributed by atoms with Crippen LogP contribution in [0.5, 0.6) is 0 Å². The van der Waals surface area contributed by atoms with Crippen molar-refractivity contribution in [2.24, 2.45) is 5.92 Å². The molecule has 0 aliphatic carbocycles. The average Bonchev–Trinajstić information content (AvgIpc) is 2.30. The van der Waals surface area contributed by atoms with Crippen molar-refractivity contribution >= 4 is 5.91 Å². The van der Waals surface area contributed by atoms with Gasteiger partial charge in [0.25, 0.3) is 0 Å². The molecule has 16 heavy (non-hydrogen) atoms. The molecule has 0 spiro atoms. The Balaban J connectivity index is 4.28. The summed E-state index contributed by atoms with van der Waals surface area (Å²) in [6.07, 6.45) is 1.79. The second-order valence-electron chi connectivity index (χ2n) is 3.82. The topological polar surface area (TPSA) is 38.8 Å². The molecule has 0 fully saturated rings. The fourth-order valence-corrected chi connectivity index (χ4v) is 1.63. The van der Waals surface area contributed by atoms with Crippen molar-refractivity contribution in [3.05, 3.63) is 0 Å². The number of hydrogen-bond acceptors (Lipinski definition) is 3. The van der Waals surface area contributed by atoms with Crippen molar-refractivity contribution in [3.63, 3.8) is 0 Å². The minimum atomic E-state index is 0.133. The van der Waals surface area contributed by atoms with Crippen molar-refractivity contribution in [2.75, 3.05) is 40.5 Å². The summed E-state index contributed by atoms with van der Waals surface area (Å²) in [5.41, 5.74) is 0. The first-order valence-corrected chi connectivity index (χ1v) is 5.97. The van der Waals surface area contributed by atoms with Crippen LogP contribution in [0.4, 0.5) is 0 Å². The molecule has 1 amide bonds. The predicted octanol–water partition coefficient (Wildman–Crippen LogP) is 1.54. The van der Waals surface area contributed by atoms with Crippen molar-refractivity contribution in [1.29, 1.82) is 0 Å². The summed E-state index contributed by atoms with van der Waals surface area (Å²) in [4.78, 5) is 14.0. The molecule has 0 N–H and O–H groups in total. The Morgan fingerprint density at radius 2 is 1.50 bits per heavy atom. The van der Waals surface area contributed by atoms with Gasteiger partial charge in [0, 0.05) is 33.2 Å². The largest absolute Gasteiger partial charge is 0.383 e. The van der Waals surface area contributed by atoms with Gasteiger partial charge in [-0.25, -0.2) is 0 Å². The molecular formula is C12H25NO3. The molecule has 0 radical (unpaired) electrons. The monoisotopic (exact) mass is 231 g/mol. The third-order valence-corrected chi connectivity index (χ3v) is 2.78. The molecular weight excluding hydrogens is 206 g/mol. The van der Waals surface area contributed by atoms with Crippen LogP contribution in [0.3, 0.4) is 0 Å². The minimum Gasteiger partial charge on any atom is -0.383 e. The second-order valence-corrected chi connectivity index (χ2v) is 3.82. The van der Waals surface area contributed by atoms with Crippen LogP contribution in [0.15, 0.2) is 0 Å². The van der Waals surface area contributed by atoms with E-state index in [1.807, 2.05) is 4.90 Å². The molecule has 0 heterocycles. The van der Waals surface area contributed by atoms with Gasteiger partial charge < -0.3 is 14.4 Å². The number of nitrogens with zero attached hydrogens (tertiary/aromatic N) is 1. The second kappa shape index (κ2) is 9.60. The standard InChI is InChI=1S/C12H25NO3/c1-5-11(6-2)12(14)13(7-9-15-3)8-10-16-4/h11H,5-10H2,1-4H3. The molecule has 0 unspecified atom stereocenters. The summed E-state index contributed by atoms with van der Waals surface area (Å²) >= 11 is 0. The van der Waals surface area contributed by atoms with Crippen LogP contribution in [-0.2, 0) is 14.3 Å². The highest BCUT2D eigenvalue weighted by Crippen LogP contribution is 2.11. The number of hydrogen-bond donors (Lipinski definition) is 0. The zero-order chi connectivity index (χ0) is 12.4. The maximum Gasteiger partial charge on any atom is 0.225 e. The first-order valence-electron chi connectivity index (χ1n) is 5.97. The molecule has 0 rings (SSSR count). The van der Waals surface area contributed by atoms with E-state index >= 15 is 0 Å². The lowest BCUT2D eigenvalue weighted by molar-refractivity contribution is -0.137. The quantitative estimate of drug-likeness (QED) is 0.604. The van der Waals surface area contributed by atoms with Gasteiger partial charge in [-0.2, -0.15) is 0 Å². The van der Waals surface area contributed by atoms with Crippen LogP contribution in [0, 0.1) is 5.92 Å². The van der Waals surface area contributed by atoms with Crippen LogP contribution in [0.2, 0.25) is 0 Å². The molecule has 96 valence electrons. The Hall–Kier alpha value is -0.610. The highest BCUT2D eigenvalue weighted by Gasteiger charge is 2.20. The van der Waals surface area contributed by atoms with Gasteiger partial charge in [0.15, 0.2) is 0 Å². The minimum absolute atomic E-state index is 0.133. The van der Waals surface area contributed by atoms with E-state index in [1.54, 1.807) is 14.2 Å². The molecule has 0 bridgehead atoms. The zero-order valence-corrected chi connectivity index (χ0v) is 11.0. The van der Waals surface area contributed by atoms with Gasteiger partial charge in [-0.15, -0.1) is 0 Å². The molecule has 0 aromatic heterocycles. The fraction of sp³-hybridized carbons (Fsp3) is 0.917. The number of ether oxygens (including phenoxy) is 2. The van der Waals surface area contributed by atoms with Crippen molar-refractivity contribution in [3.8, 4) is 0 Å². The van der Waals surface area contributed by atoms with Crippen LogP contribution >= 0.6 is 0 Å². The highest BCUT2D eigenvalue weighted by atomic mass is 16.5. The van der Waals surface area contributed by atoms with Gasteiger partial charge in [-0.3, -0.25) is 4.79 Å². The van der Waals surface area contributed by atoms with E-state index in [4.69, 9.17) is 9.47 Å². The molecule has 0 aliphatic rings. The molecule has 4 heteroatoms. The van der Waals surface area contributed by atoms with E-state index in [0.717, 1.165) is 12.8 Å². The first kappa shape index (κ1) is 15.4. The van der Waals surface area contributed by atoms with Gasteiger partial charge >= 0.3 is 0 Å². The lowest BCUT2D eigenvalue weighted by atomic mass is 10.0. The van der Waals surface area contributed by atoms with Gasteiger partial charge in [-0.1, -0.05) is 13.8 Å². The zero-order valence-electron chi connectivity index (χ0n) is 11.0. The fourth-order valence-electron chi connectivity index (χ4n) is 1.63. The molecule has 0 aromatic carbocycles. The van der Waals surface area contributed by atoms with Crippen molar-refractivity contribution in [1.82, 2.24) is 4.90 Å². The average molecular weight is 231 g/mol. The SMILES string of the molecule is CCC(CC)C(=O)N(CCOC)CCOC. The Labute approximate surface area is 98.9 Å². The smallest absolute Gasteiger partial charge is 0.225 e. The Morgan fingerprint density at radius 3 is 1.81 bits per heavy atom. The molecule has 0 aliphatic heterocycles. The number of carbonyl (C=O) groups excluding carboxylic acids is 1. The van der Waals surface area contributed by atoms with Crippen LogP contribution in [-0.4, -0.2) is 51.3 Å². The van der Waals surface area contributed by atoms with E-state index < -0.39 is 0 Å². The first-order chi connectivity index (χ1) is 7.71. The Bertz CT molecular complexity index is 173. The van der Waals surface area contributed by atoms with E-state index in [2.05, 4.69) is 13.8 Å². The maximum atomic E-state index is 12.1. The van der Waals surface area contributed by atoms with Crippen molar-refractivity contribution in [2.45, 2.75) is 26.7 Å².